The van der Waals surface area contributed by atoms with Crippen molar-refractivity contribution in [1.29, 1.82) is 0 Å². The average molecular weight is 291 g/mol. The summed E-state index contributed by atoms with van der Waals surface area (Å²) < 4.78 is 16.7. The van der Waals surface area contributed by atoms with Gasteiger partial charge in [-0.2, -0.15) is 0 Å². The minimum absolute atomic E-state index is 0.0808. The van der Waals surface area contributed by atoms with E-state index in [2.05, 4.69) is 12.2 Å². The summed E-state index contributed by atoms with van der Waals surface area (Å²) in [7, 11) is 0. The zero-order chi connectivity index (χ0) is 14.7. The number of ether oxygens (including phenoxy) is 3. The maximum absolute atomic E-state index is 12.4. The van der Waals surface area contributed by atoms with E-state index in [4.69, 9.17) is 14.2 Å². The van der Waals surface area contributed by atoms with Gasteiger partial charge in [-0.25, -0.2) is 0 Å². The van der Waals surface area contributed by atoms with Gasteiger partial charge in [0.05, 0.1) is 26.4 Å². The van der Waals surface area contributed by atoms with Gasteiger partial charge in [0.15, 0.2) is 17.3 Å². The Morgan fingerprint density at radius 1 is 1.24 bits per heavy atom. The van der Waals surface area contributed by atoms with Gasteiger partial charge in [-0.3, -0.25) is 4.79 Å². The number of benzene rings is 1. The van der Waals surface area contributed by atoms with Crippen molar-refractivity contribution in [2.45, 2.75) is 31.8 Å². The molecule has 1 fully saturated rings. The van der Waals surface area contributed by atoms with Crippen molar-refractivity contribution < 1.29 is 19.0 Å². The van der Waals surface area contributed by atoms with Crippen LogP contribution in [-0.2, 0) is 4.74 Å². The van der Waals surface area contributed by atoms with Gasteiger partial charge >= 0.3 is 0 Å². The van der Waals surface area contributed by atoms with Crippen molar-refractivity contribution in [3.8, 4) is 11.5 Å². The van der Waals surface area contributed by atoms with Crippen LogP contribution in [0.1, 0.15) is 30.1 Å². The van der Waals surface area contributed by atoms with Gasteiger partial charge in [0.25, 0.3) is 0 Å². The third-order valence-corrected chi connectivity index (χ3v) is 3.71. The highest BCUT2D eigenvalue weighted by molar-refractivity contribution is 5.97. The number of rotatable bonds is 3. The van der Waals surface area contributed by atoms with Crippen LogP contribution in [0.2, 0.25) is 0 Å². The van der Waals surface area contributed by atoms with Crippen LogP contribution in [-0.4, -0.2) is 44.3 Å². The normalized spacial score (nSPS) is 25.2. The Hall–Kier alpha value is -1.59. The predicted octanol–water partition coefficient (Wildman–Crippen LogP) is 1.80. The van der Waals surface area contributed by atoms with Gasteiger partial charge in [0.1, 0.15) is 0 Å². The monoisotopic (exact) mass is 291 g/mol. The Kier molecular flexibility index (Phi) is 4.41. The highest BCUT2D eigenvalue weighted by Crippen LogP contribution is 2.30. The third-order valence-electron chi connectivity index (χ3n) is 3.71. The van der Waals surface area contributed by atoms with Crippen molar-refractivity contribution in [2.24, 2.45) is 0 Å². The molecule has 0 aromatic heterocycles. The fourth-order valence-corrected chi connectivity index (χ4v) is 2.68. The SMILES string of the molecule is CC1COCC(CC(=O)c2ccc3c(c2)OCCCO3)N1. The quantitative estimate of drug-likeness (QED) is 0.861. The molecule has 0 spiro atoms. The highest BCUT2D eigenvalue weighted by Gasteiger charge is 2.22. The number of carbonyl (C=O) groups is 1. The Bertz CT molecular complexity index is 517. The lowest BCUT2D eigenvalue weighted by Gasteiger charge is -2.28. The molecule has 1 saturated heterocycles. The first kappa shape index (κ1) is 14.4. The summed E-state index contributed by atoms with van der Waals surface area (Å²) in [6, 6.07) is 5.79. The summed E-state index contributed by atoms with van der Waals surface area (Å²) in [4.78, 5) is 12.4. The standard InChI is InChI=1S/C16H21NO4/c1-11-9-19-10-13(17-11)8-14(18)12-3-4-15-16(7-12)21-6-2-5-20-15/h3-4,7,11,13,17H,2,5-6,8-10H2,1H3. The molecule has 5 nitrogen and oxygen atoms in total. The zero-order valence-corrected chi connectivity index (χ0v) is 12.3. The van der Waals surface area contributed by atoms with Crippen molar-refractivity contribution in [1.82, 2.24) is 5.32 Å². The van der Waals surface area contributed by atoms with E-state index in [1.165, 1.54) is 0 Å². The molecule has 2 heterocycles. The molecule has 0 radical (unpaired) electrons. The Morgan fingerprint density at radius 3 is 2.86 bits per heavy atom. The van der Waals surface area contributed by atoms with Crippen LogP contribution in [0.4, 0.5) is 0 Å². The first-order valence-electron chi connectivity index (χ1n) is 7.49. The lowest BCUT2D eigenvalue weighted by Crippen LogP contribution is -2.48. The van der Waals surface area contributed by atoms with Gasteiger partial charge < -0.3 is 19.5 Å². The molecule has 2 atom stereocenters. The zero-order valence-electron chi connectivity index (χ0n) is 12.3. The van der Waals surface area contributed by atoms with Gasteiger partial charge in [-0.05, 0) is 25.1 Å². The van der Waals surface area contributed by atoms with Crippen molar-refractivity contribution in [3.05, 3.63) is 23.8 Å². The molecule has 114 valence electrons. The molecule has 2 aliphatic rings. The largest absolute Gasteiger partial charge is 0.490 e. The van der Waals surface area contributed by atoms with Crippen LogP contribution >= 0.6 is 0 Å². The molecular weight excluding hydrogens is 270 g/mol. The number of ketones is 1. The van der Waals surface area contributed by atoms with E-state index in [-0.39, 0.29) is 11.8 Å². The minimum Gasteiger partial charge on any atom is -0.490 e. The summed E-state index contributed by atoms with van der Waals surface area (Å²) in [5.74, 6) is 1.48. The summed E-state index contributed by atoms with van der Waals surface area (Å²) in [5, 5.41) is 3.39. The van der Waals surface area contributed by atoms with Crippen LogP contribution < -0.4 is 14.8 Å². The number of Topliss-reactive ketones (excluding diaryl/α,β-unsaturated/α-hetero) is 1. The number of fused-ring (bicyclic) bond motifs is 1. The lowest BCUT2D eigenvalue weighted by molar-refractivity contribution is 0.0463. The fourth-order valence-electron chi connectivity index (χ4n) is 2.68. The van der Waals surface area contributed by atoms with Crippen molar-refractivity contribution in [2.75, 3.05) is 26.4 Å². The second-order valence-corrected chi connectivity index (χ2v) is 5.64. The van der Waals surface area contributed by atoms with E-state index in [1.54, 1.807) is 6.07 Å². The van der Waals surface area contributed by atoms with E-state index in [9.17, 15) is 4.79 Å². The topological polar surface area (TPSA) is 56.8 Å². The molecule has 3 rings (SSSR count). The second-order valence-electron chi connectivity index (χ2n) is 5.64. The van der Waals surface area contributed by atoms with E-state index in [0.717, 1.165) is 12.2 Å². The Morgan fingerprint density at radius 2 is 2.05 bits per heavy atom. The molecule has 0 aliphatic carbocycles. The smallest absolute Gasteiger partial charge is 0.164 e. The fraction of sp³-hybridized carbons (Fsp3) is 0.562. The summed E-state index contributed by atoms with van der Waals surface area (Å²) in [5.41, 5.74) is 0.666. The van der Waals surface area contributed by atoms with E-state index in [1.807, 2.05) is 12.1 Å². The third kappa shape index (κ3) is 3.54. The molecular formula is C16H21NO4. The first-order valence-corrected chi connectivity index (χ1v) is 7.49. The number of hydrogen-bond acceptors (Lipinski definition) is 5. The molecule has 0 bridgehead atoms. The predicted molar refractivity (Wildman–Crippen MR) is 78.2 cm³/mol. The molecule has 0 saturated carbocycles. The van der Waals surface area contributed by atoms with Gasteiger partial charge in [0.2, 0.25) is 0 Å². The van der Waals surface area contributed by atoms with Crippen LogP contribution in [0.25, 0.3) is 0 Å². The first-order chi connectivity index (χ1) is 10.2. The van der Waals surface area contributed by atoms with Gasteiger partial charge in [0, 0.05) is 30.5 Å². The molecule has 21 heavy (non-hydrogen) atoms. The summed E-state index contributed by atoms with van der Waals surface area (Å²) in [6.07, 6.45) is 1.29. The van der Waals surface area contributed by atoms with Crippen LogP contribution in [0.15, 0.2) is 18.2 Å². The average Bonchev–Trinajstić information content (AvgIpc) is 2.71. The van der Waals surface area contributed by atoms with Crippen LogP contribution in [0.5, 0.6) is 11.5 Å². The maximum Gasteiger partial charge on any atom is 0.164 e. The molecule has 2 aliphatic heterocycles. The molecule has 0 amide bonds. The molecule has 1 aromatic carbocycles. The molecule has 5 heteroatoms. The van der Waals surface area contributed by atoms with Crippen molar-refractivity contribution >= 4 is 5.78 Å². The molecule has 1 N–H and O–H groups in total. The number of nitrogens with one attached hydrogen (secondary N) is 1. The Balaban J connectivity index is 1.68. The number of carbonyl (C=O) groups excluding carboxylic acids is 1. The van der Waals surface area contributed by atoms with E-state index in [0.29, 0.717) is 50.2 Å². The lowest BCUT2D eigenvalue weighted by atomic mass is 10.0. The van der Waals surface area contributed by atoms with Gasteiger partial charge in [-0.15, -0.1) is 0 Å². The van der Waals surface area contributed by atoms with E-state index >= 15 is 0 Å². The molecule has 2 unspecified atom stereocenters. The maximum atomic E-state index is 12.4. The minimum atomic E-state index is 0.0808. The summed E-state index contributed by atoms with van der Waals surface area (Å²) in [6.45, 7) is 4.63. The number of morpholine rings is 1. The highest BCUT2D eigenvalue weighted by atomic mass is 16.5. The van der Waals surface area contributed by atoms with Crippen molar-refractivity contribution in [3.63, 3.8) is 0 Å². The van der Waals surface area contributed by atoms with Gasteiger partial charge in [-0.1, -0.05) is 0 Å². The molecule has 1 aromatic rings. The summed E-state index contributed by atoms with van der Waals surface area (Å²) >= 11 is 0. The van der Waals surface area contributed by atoms with Crippen LogP contribution in [0, 0.1) is 0 Å². The number of hydrogen-bond donors (Lipinski definition) is 1. The second kappa shape index (κ2) is 6.45. The Labute approximate surface area is 124 Å². The van der Waals surface area contributed by atoms with Crippen LogP contribution in [0.3, 0.4) is 0 Å². The van der Waals surface area contributed by atoms with E-state index < -0.39 is 0 Å².